The van der Waals surface area contributed by atoms with E-state index in [1.807, 2.05) is 37.4 Å². The Balaban J connectivity index is 1.40. The van der Waals surface area contributed by atoms with Crippen LogP contribution in [-0.2, 0) is 16.1 Å². The molecule has 1 aromatic carbocycles. The average molecular weight is 440 g/mol. The van der Waals surface area contributed by atoms with Crippen LogP contribution in [0.4, 0.5) is 5.13 Å². The number of hydrogen-bond acceptors (Lipinski definition) is 5. The molecule has 6 nitrogen and oxygen atoms in total. The molecule has 164 valence electrons. The van der Waals surface area contributed by atoms with Crippen LogP contribution in [-0.4, -0.2) is 34.8 Å². The normalized spacial score (nSPS) is 15.9. The quantitative estimate of drug-likeness (QED) is 0.560. The minimum absolute atomic E-state index is 0.0465. The summed E-state index contributed by atoms with van der Waals surface area (Å²) in [5.41, 5.74) is 6.45. The number of thiazole rings is 1. The van der Waals surface area contributed by atoms with E-state index in [-0.39, 0.29) is 12.5 Å². The molecule has 1 amide bonds. The van der Waals surface area contributed by atoms with E-state index in [9.17, 15) is 4.79 Å². The summed E-state index contributed by atoms with van der Waals surface area (Å²) in [4.78, 5) is 17.0. The lowest BCUT2D eigenvalue weighted by Gasteiger charge is -2.14. The van der Waals surface area contributed by atoms with Crippen molar-refractivity contribution in [3.8, 4) is 17.0 Å². The topological polar surface area (TPSA) is 65.4 Å². The molecule has 0 aliphatic carbocycles. The second-order valence-electron chi connectivity index (χ2n) is 8.17. The van der Waals surface area contributed by atoms with Gasteiger partial charge in [0.1, 0.15) is 5.75 Å². The average Bonchev–Trinajstić information content (AvgIpc) is 3.47. The number of rotatable bonds is 7. The highest BCUT2D eigenvalue weighted by Crippen LogP contribution is 2.31. The van der Waals surface area contributed by atoms with E-state index >= 15 is 0 Å². The maximum atomic E-state index is 12.4. The van der Waals surface area contributed by atoms with Crippen LogP contribution < -0.4 is 10.1 Å². The SMILES string of the molecule is Cc1ccc(C)c(OCC(=O)Nc2nc(-c3cc(C)n(CC4CCCO4)c3C)cs2)c1. The van der Waals surface area contributed by atoms with Crippen LogP contribution in [0.5, 0.6) is 5.75 Å². The van der Waals surface area contributed by atoms with Crippen LogP contribution in [0.2, 0.25) is 0 Å². The highest BCUT2D eigenvalue weighted by atomic mass is 32.1. The highest BCUT2D eigenvalue weighted by Gasteiger charge is 2.20. The van der Waals surface area contributed by atoms with Crippen molar-refractivity contribution in [2.45, 2.75) is 53.2 Å². The van der Waals surface area contributed by atoms with Gasteiger partial charge in [-0.3, -0.25) is 10.1 Å². The number of ether oxygens (including phenoxy) is 2. The molecule has 4 rings (SSSR count). The number of nitrogens with zero attached hydrogens (tertiary/aromatic N) is 2. The molecule has 0 saturated carbocycles. The number of nitrogens with one attached hydrogen (secondary N) is 1. The largest absolute Gasteiger partial charge is 0.483 e. The van der Waals surface area contributed by atoms with E-state index < -0.39 is 0 Å². The van der Waals surface area contributed by atoms with Crippen molar-refractivity contribution in [3.63, 3.8) is 0 Å². The van der Waals surface area contributed by atoms with Gasteiger partial charge < -0.3 is 14.0 Å². The third-order valence-corrected chi connectivity index (χ3v) is 6.47. The third kappa shape index (κ3) is 4.99. The summed E-state index contributed by atoms with van der Waals surface area (Å²) >= 11 is 1.42. The van der Waals surface area contributed by atoms with Crippen molar-refractivity contribution in [1.82, 2.24) is 9.55 Å². The molecular formula is C24H29N3O3S. The van der Waals surface area contributed by atoms with Crippen LogP contribution >= 0.6 is 11.3 Å². The molecule has 1 saturated heterocycles. The Bertz CT molecular complexity index is 1080. The number of aromatic nitrogens is 2. The van der Waals surface area contributed by atoms with Crippen LogP contribution in [0.1, 0.15) is 35.4 Å². The van der Waals surface area contributed by atoms with Gasteiger partial charge in [-0.15, -0.1) is 11.3 Å². The summed E-state index contributed by atoms with van der Waals surface area (Å²) in [6.45, 7) is 9.89. The zero-order chi connectivity index (χ0) is 22.0. The Kier molecular flexibility index (Phi) is 6.43. The Morgan fingerprint density at radius 3 is 2.90 bits per heavy atom. The molecular weight excluding hydrogens is 410 g/mol. The Hall–Kier alpha value is -2.64. The number of carbonyl (C=O) groups is 1. The predicted molar refractivity (Wildman–Crippen MR) is 124 cm³/mol. The first-order valence-electron chi connectivity index (χ1n) is 10.6. The van der Waals surface area contributed by atoms with Crippen LogP contribution in [0.25, 0.3) is 11.3 Å². The molecule has 0 bridgehead atoms. The van der Waals surface area contributed by atoms with E-state index in [1.165, 1.54) is 22.7 Å². The number of anilines is 1. The fraction of sp³-hybridized carbons (Fsp3) is 0.417. The fourth-order valence-corrected chi connectivity index (χ4v) is 4.68. The van der Waals surface area contributed by atoms with Crippen molar-refractivity contribution in [3.05, 3.63) is 52.2 Å². The number of hydrogen-bond donors (Lipinski definition) is 1. The fourth-order valence-electron chi connectivity index (χ4n) is 3.95. The molecule has 7 heteroatoms. The summed E-state index contributed by atoms with van der Waals surface area (Å²) < 4.78 is 13.8. The van der Waals surface area contributed by atoms with Crippen molar-refractivity contribution in [2.75, 3.05) is 18.5 Å². The molecule has 1 aliphatic heterocycles. The molecule has 3 aromatic rings. The molecule has 1 atom stereocenters. The van der Waals surface area contributed by atoms with E-state index in [1.54, 1.807) is 0 Å². The molecule has 0 radical (unpaired) electrons. The molecule has 31 heavy (non-hydrogen) atoms. The summed E-state index contributed by atoms with van der Waals surface area (Å²) in [6, 6.07) is 8.12. The van der Waals surface area contributed by atoms with Gasteiger partial charge in [-0.1, -0.05) is 12.1 Å². The second-order valence-corrected chi connectivity index (χ2v) is 9.03. The first kappa shape index (κ1) is 21.6. The molecule has 2 aromatic heterocycles. The molecule has 1 fully saturated rings. The van der Waals surface area contributed by atoms with Gasteiger partial charge in [0, 0.05) is 35.5 Å². The predicted octanol–water partition coefficient (Wildman–Crippen LogP) is 5.04. The maximum Gasteiger partial charge on any atom is 0.264 e. The number of carbonyl (C=O) groups excluding carboxylic acids is 1. The van der Waals surface area contributed by atoms with Gasteiger partial charge in [-0.05, 0) is 63.8 Å². The first-order valence-corrected chi connectivity index (χ1v) is 11.5. The Labute approximate surface area is 187 Å². The van der Waals surface area contributed by atoms with E-state index in [0.29, 0.717) is 11.2 Å². The first-order chi connectivity index (χ1) is 14.9. The van der Waals surface area contributed by atoms with Gasteiger partial charge in [0.15, 0.2) is 11.7 Å². The zero-order valence-electron chi connectivity index (χ0n) is 18.5. The van der Waals surface area contributed by atoms with Gasteiger partial charge >= 0.3 is 0 Å². The monoisotopic (exact) mass is 439 g/mol. The summed E-state index contributed by atoms with van der Waals surface area (Å²) in [5, 5.41) is 5.42. The molecule has 0 spiro atoms. The number of aryl methyl sites for hydroxylation is 3. The van der Waals surface area contributed by atoms with Gasteiger partial charge in [0.05, 0.1) is 11.8 Å². The highest BCUT2D eigenvalue weighted by molar-refractivity contribution is 7.14. The summed E-state index contributed by atoms with van der Waals surface area (Å²) in [6.07, 6.45) is 2.54. The third-order valence-electron chi connectivity index (χ3n) is 5.71. The lowest BCUT2D eigenvalue weighted by Crippen LogP contribution is -2.20. The van der Waals surface area contributed by atoms with Crippen molar-refractivity contribution < 1.29 is 14.3 Å². The lowest BCUT2D eigenvalue weighted by atomic mass is 10.1. The van der Waals surface area contributed by atoms with Crippen LogP contribution in [0.3, 0.4) is 0 Å². The van der Waals surface area contributed by atoms with E-state index in [0.717, 1.165) is 54.1 Å². The minimum Gasteiger partial charge on any atom is -0.483 e. The smallest absolute Gasteiger partial charge is 0.264 e. The van der Waals surface area contributed by atoms with Crippen molar-refractivity contribution >= 4 is 22.4 Å². The van der Waals surface area contributed by atoms with Crippen LogP contribution in [0.15, 0.2) is 29.6 Å². The minimum atomic E-state index is -0.217. The Morgan fingerprint density at radius 2 is 2.13 bits per heavy atom. The molecule has 3 heterocycles. The Morgan fingerprint density at radius 1 is 1.29 bits per heavy atom. The van der Waals surface area contributed by atoms with E-state index in [4.69, 9.17) is 9.47 Å². The van der Waals surface area contributed by atoms with Gasteiger partial charge in [-0.2, -0.15) is 0 Å². The number of amides is 1. The van der Waals surface area contributed by atoms with Gasteiger partial charge in [-0.25, -0.2) is 4.98 Å². The van der Waals surface area contributed by atoms with Gasteiger partial charge in [0.25, 0.3) is 5.91 Å². The molecule has 1 N–H and O–H groups in total. The van der Waals surface area contributed by atoms with Gasteiger partial charge in [0.2, 0.25) is 0 Å². The maximum absolute atomic E-state index is 12.4. The molecule has 1 aliphatic rings. The lowest BCUT2D eigenvalue weighted by molar-refractivity contribution is -0.118. The second kappa shape index (κ2) is 9.24. The standard InChI is InChI=1S/C24H29N3O3S/c1-15-7-8-16(2)22(10-15)30-13-23(28)26-24-25-21(14-31-24)20-11-17(3)27(18(20)4)12-19-6-5-9-29-19/h7-8,10-11,14,19H,5-6,9,12-13H2,1-4H3,(H,25,26,28). The van der Waals surface area contributed by atoms with Crippen LogP contribution in [0, 0.1) is 27.7 Å². The van der Waals surface area contributed by atoms with Crippen molar-refractivity contribution in [1.29, 1.82) is 0 Å². The zero-order valence-corrected chi connectivity index (χ0v) is 19.3. The molecule has 1 unspecified atom stereocenters. The summed E-state index contributed by atoms with van der Waals surface area (Å²) in [5.74, 6) is 0.513. The summed E-state index contributed by atoms with van der Waals surface area (Å²) in [7, 11) is 0. The van der Waals surface area contributed by atoms with Crippen molar-refractivity contribution in [2.24, 2.45) is 0 Å². The van der Waals surface area contributed by atoms with E-state index in [2.05, 4.69) is 34.8 Å². The number of benzene rings is 1.